The maximum atomic E-state index is 12.6. The number of nitrogens with zero attached hydrogens (tertiary/aromatic N) is 1. The highest BCUT2D eigenvalue weighted by atomic mass is 19.4. The Hall–Kier alpha value is -2.25. The van der Waals surface area contributed by atoms with Gasteiger partial charge in [0.2, 0.25) is 0 Å². The number of likely N-dealkylation sites (tertiary alicyclic amines) is 1. The number of hydrogen-bond donors (Lipinski definition) is 1. The first-order valence-electron chi connectivity index (χ1n) is 7.71. The molecule has 24 heavy (non-hydrogen) atoms. The fraction of sp³-hybridized carbons (Fsp3) is 0.500. The highest BCUT2D eigenvalue weighted by Crippen LogP contribution is 2.33. The molecule has 0 radical (unpaired) electrons. The number of rotatable bonds is 3. The topological polar surface area (TPSA) is 58.6 Å². The van der Waals surface area contributed by atoms with Gasteiger partial charge < -0.3 is 9.64 Å². The lowest BCUT2D eigenvalue weighted by Gasteiger charge is -2.34. The highest BCUT2D eigenvalue weighted by molar-refractivity contribution is 5.86. The summed E-state index contributed by atoms with van der Waals surface area (Å²) in [5.41, 5.74) is 1.19. The second-order valence-corrected chi connectivity index (χ2v) is 5.52. The van der Waals surface area contributed by atoms with Gasteiger partial charge in [0.1, 0.15) is 0 Å². The quantitative estimate of drug-likeness (QED) is 0.913. The van der Waals surface area contributed by atoms with Crippen LogP contribution in [0.3, 0.4) is 0 Å². The van der Waals surface area contributed by atoms with Gasteiger partial charge in [-0.2, -0.15) is 13.2 Å². The van der Waals surface area contributed by atoms with Crippen molar-refractivity contribution >= 4 is 17.7 Å². The van der Waals surface area contributed by atoms with E-state index in [0.717, 1.165) is 4.90 Å². The molecule has 0 spiro atoms. The number of amides is 2. The van der Waals surface area contributed by atoms with Crippen molar-refractivity contribution in [2.45, 2.75) is 31.9 Å². The number of carbonyl (C=O) groups is 2. The number of anilines is 1. The Morgan fingerprint density at radius 2 is 2.04 bits per heavy atom. The largest absolute Gasteiger partial charge is 0.471 e. The molecule has 1 N–H and O–H groups in total. The molecule has 1 aromatic carbocycles. The predicted octanol–water partition coefficient (Wildman–Crippen LogP) is 3.52. The minimum atomic E-state index is -4.87. The molecule has 2 amide bonds. The van der Waals surface area contributed by atoms with Crippen LogP contribution in [-0.4, -0.2) is 42.8 Å². The molecule has 1 heterocycles. The van der Waals surface area contributed by atoms with Gasteiger partial charge in [-0.15, -0.1) is 0 Å². The first-order valence-corrected chi connectivity index (χ1v) is 7.71. The van der Waals surface area contributed by atoms with Crippen LogP contribution in [0.1, 0.15) is 31.2 Å². The SMILES string of the molecule is CCOC(=O)Nc1ccccc1C1CCCN(C(=O)C(F)(F)F)C1. The van der Waals surface area contributed by atoms with Gasteiger partial charge in [0.15, 0.2) is 0 Å². The van der Waals surface area contributed by atoms with Crippen LogP contribution in [0, 0.1) is 0 Å². The first kappa shape index (κ1) is 18.1. The Kier molecular flexibility index (Phi) is 5.69. The standard InChI is InChI=1S/C16H19F3N2O3/c1-2-24-15(23)20-13-8-4-3-7-12(13)11-6-5-9-21(10-11)14(22)16(17,18)19/h3-4,7-8,11H,2,5-6,9-10H2,1H3,(H,20,23). The van der Waals surface area contributed by atoms with Gasteiger partial charge in [0.25, 0.3) is 0 Å². The van der Waals surface area contributed by atoms with E-state index in [1.165, 1.54) is 0 Å². The average Bonchev–Trinajstić information content (AvgIpc) is 2.54. The molecule has 132 valence electrons. The third-order valence-corrected chi connectivity index (χ3v) is 3.86. The summed E-state index contributed by atoms with van der Waals surface area (Å²) in [4.78, 5) is 23.9. The zero-order valence-electron chi connectivity index (χ0n) is 13.2. The monoisotopic (exact) mass is 344 g/mol. The first-order chi connectivity index (χ1) is 11.3. The van der Waals surface area contributed by atoms with E-state index in [-0.39, 0.29) is 25.6 Å². The van der Waals surface area contributed by atoms with Gasteiger partial charge in [0, 0.05) is 24.7 Å². The lowest BCUT2D eigenvalue weighted by atomic mass is 9.89. The molecule has 0 aliphatic carbocycles. The fourth-order valence-corrected chi connectivity index (χ4v) is 2.84. The van der Waals surface area contributed by atoms with E-state index in [2.05, 4.69) is 5.32 Å². The van der Waals surface area contributed by atoms with Crippen LogP contribution in [-0.2, 0) is 9.53 Å². The lowest BCUT2D eigenvalue weighted by molar-refractivity contribution is -0.186. The number of hydrogen-bond acceptors (Lipinski definition) is 3. The van der Waals surface area contributed by atoms with E-state index in [0.29, 0.717) is 24.1 Å². The van der Waals surface area contributed by atoms with E-state index in [4.69, 9.17) is 4.74 Å². The van der Waals surface area contributed by atoms with Crippen molar-refractivity contribution in [1.29, 1.82) is 0 Å². The Morgan fingerprint density at radius 1 is 1.33 bits per heavy atom. The Morgan fingerprint density at radius 3 is 2.71 bits per heavy atom. The molecular weight excluding hydrogens is 325 g/mol. The second kappa shape index (κ2) is 7.55. The number of ether oxygens (including phenoxy) is 1. The Balaban J connectivity index is 2.16. The van der Waals surface area contributed by atoms with Crippen molar-refractivity contribution in [2.75, 3.05) is 25.0 Å². The maximum Gasteiger partial charge on any atom is 0.471 e. The maximum absolute atomic E-state index is 12.6. The van der Waals surface area contributed by atoms with Crippen molar-refractivity contribution in [3.8, 4) is 0 Å². The molecule has 1 aromatic rings. The van der Waals surface area contributed by atoms with Crippen LogP contribution in [0.4, 0.5) is 23.7 Å². The van der Waals surface area contributed by atoms with Gasteiger partial charge in [-0.1, -0.05) is 18.2 Å². The fourth-order valence-electron chi connectivity index (χ4n) is 2.84. The molecule has 1 unspecified atom stereocenters. The number of piperidine rings is 1. The van der Waals surface area contributed by atoms with Crippen molar-refractivity contribution in [3.63, 3.8) is 0 Å². The van der Waals surface area contributed by atoms with Gasteiger partial charge in [-0.05, 0) is 31.4 Å². The number of halogens is 3. The summed E-state index contributed by atoms with van der Waals surface area (Å²) < 4.78 is 42.7. The van der Waals surface area contributed by atoms with Gasteiger partial charge in [0.05, 0.1) is 6.61 Å². The number of carbonyl (C=O) groups excluding carboxylic acids is 2. The van der Waals surface area contributed by atoms with Crippen LogP contribution in [0.25, 0.3) is 0 Å². The molecule has 8 heteroatoms. The molecule has 1 aliphatic heterocycles. The van der Waals surface area contributed by atoms with Crippen LogP contribution in [0.5, 0.6) is 0 Å². The third kappa shape index (κ3) is 4.39. The van der Waals surface area contributed by atoms with Crippen LogP contribution in [0.2, 0.25) is 0 Å². The summed E-state index contributed by atoms with van der Waals surface area (Å²) in [5.74, 6) is -2.09. The minimum absolute atomic E-state index is 0.0279. The van der Waals surface area contributed by atoms with Crippen molar-refractivity contribution in [2.24, 2.45) is 0 Å². The summed E-state index contributed by atoms with van der Waals surface area (Å²) in [6, 6.07) is 6.87. The molecule has 1 aliphatic rings. The predicted molar refractivity (Wildman–Crippen MR) is 81.7 cm³/mol. The van der Waals surface area contributed by atoms with E-state index in [1.54, 1.807) is 31.2 Å². The normalized spacial score (nSPS) is 18.2. The summed E-state index contributed by atoms with van der Waals surface area (Å²) in [5, 5.41) is 2.60. The average molecular weight is 344 g/mol. The molecule has 1 atom stereocenters. The lowest BCUT2D eigenvalue weighted by Crippen LogP contribution is -2.45. The second-order valence-electron chi connectivity index (χ2n) is 5.52. The molecule has 5 nitrogen and oxygen atoms in total. The summed E-state index contributed by atoms with van der Waals surface area (Å²) in [6.45, 7) is 1.95. The van der Waals surface area contributed by atoms with Gasteiger partial charge >= 0.3 is 18.2 Å². The number of benzene rings is 1. The van der Waals surface area contributed by atoms with E-state index in [9.17, 15) is 22.8 Å². The number of nitrogens with one attached hydrogen (secondary N) is 1. The van der Waals surface area contributed by atoms with Crippen LogP contribution < -0.4 is 5.32 Å². The highest BCUT2D eigenvalue weighted by Gasteiger charge is 2.43. The minimum Gasteiger partial charge on any atom is -0.450 e. The zero-order valence-corrected chi connectivity index (χ0v) is 13.2. The molecule has 2 rings (SSSR count). The summed E-state index contributed by atoms with van der Waals surface area (Å²) in [7, 11) is 0. The summed E-state index contributed by atoms with van der Waals surface area (Å²) in [6.07, 6.45) is -4.38. The van der Waals surface area contributed by atoms with E-state index < -0.39 is 18.2 Å². The van der Waals surface area contributed by atoms with Crippen LogP contribution >= 0.6 is 0 Å². The molecule has 0 aromatic heterocycles. The Bertz CT molecular complexity index is 604. The van der Waals surface area contributed by atoms with Crippen molar-refractivity contribution in [3.05, 3.63) is 29.8 Å². The summed E-state index contributed by atoms with van der Waals surface area (Å²) >= 11 is 0. The molecular formula is C16H19F3N2O3. The Labute approximate surface area is 137 Å². The molecule has 1 fully saturated rings. The van der Waals surface area contributed by atoms with E-state index >= 15 is 0 Å². The molecule has 1 saturated heterocycles. The number of para-hydroxylation sites is 1. The van der Waals surface area contributed by atoms with Crippen LogP contribution in [0.15, 0.2) is 24.3 Å². The van der Waals surface area contributed by atoms with E-state index in [1.807, 2.05) is 0 Å². The molecule has 0 bridgehead atoms. The smallest absolute Gasteiger partial charge is 0.450 e. The van der Waals surface area contributed by atoms with Crippen molar-refractivity contribution in [1.82, 2.24) is 4.90 Å². The third-order valence-electron chi connectivity index (χ3n) is 3.86. The number of alkyl halides is 3. The van der Waals surface area contributed by atoms with Gasteiger partial charge in [-0.3, -0.25) is 10.1 Å². The zero-order chi connectivity index (χ0) is 17.7. The van der Waals surface area contributed by atoms with Crippen molar-refractivity contribution < 1.29 is 27.5 Å². The molecule has 0 saturated carbocycles. The van der Waals surface area contributed by atoms with Gasteiger partial charge in [-0.25, -0.2) is 4.79 Å².